The number of aliphatic hydroxyl groups is 1. The number of sulfone groups is 1. The molecule has 0 amide bonds. The number of aliphatic hydroxyl groups excluding tert-OH is 1. The Morgan fingerprint density at radius 1 is 1.02 bits per heavy atom. The fourth-order valence-electron chi connectivity index (χ4n) is 7.12. The summed E-state index contributed by atoms with van der Waals surface area (Å²) in [5.74, 6) is 0.376. The largest absolute Gasteiger partial charge is 0.396 e. The molecule has 3 heterocycles. The van der Waals surface area contributed by atoms with Crippen molar-refractivity contribution in [2.24, 2.45) is 17.8 Å². The summed E-state index contributed by atoms with van der Waals surface area (Å²) >= 11 is 0. The highest BCUT2D eigenvalue weighted by Crippen LogP contribution is 2.41. The van der Waals surface area contributed by atoms with Crippen molar-refractivity contribution in [2.45, 2.75) is 126 Å². The van der Waals surface area contributed by atoms with Gasteiger partial charge in [-0.1, -0.05) is 58.5 Å². The molecule has 3 saturated heterocycles. The monoisotopic (exact) mass is 618 g/mol. The Balaban J connectivity index is 1.46. The lowest BCUT2D eigenvalue weighted by Crippen LogP contribution is -2.40. The molecule has 8 heteroatoms. The fraction of sp³-hybridized carbons (Fsp3) is 0.714. The third kappa shape index (κ3) is 8.80. The maximum Gasteiger partial charge on any atom is 0.178 e. The zero-order valence-electron chi connectivity index (χ0n) is 26.7. The first-order valence-corrected chi connectivity index (χ1v) is 18.0. The van der Waals surface area contributed by atoms with Crippen LogP contribution in [0.4, 0.5) is 0 Å². The smallest absolute Gasteiger partial charge is 0.178 e. The van der Waals surface area contributed by atoms with Crippen molar-refractivity contribution in [3.8, 4) is 0 Å². The second kappa shape index (κ2) is 15.6. The van der Waals surface area contributed by atoms with E-state index in [1.165, 1.54) is 0 Å². The highest BCUT2D eigenvalue weighted by molar-refractivity contribution is 7.91. The number of hydrogen-bond acceptors (Lipinski definition) is 7. The van der Waals surface area contributed by atoms with E-state index in [1.807, 2.05) is 6.07 Å². The molecule has 242 valence electrons. The minimum atomic E-state index is -3.55. The van der Waals surface area contributed by atoms with Crippen LogP contribution in [0.1, 0.15) is 78.6 Å². The molecule has 1 aromatic rings. The van der Waals surface area contributed by atoms with E-state index in [2.05, 4.69) is 33.9 Å². The van der Waals surface area contributed by atoms with Crippen LogP contribution in [0.3, 0.4) is 0 Å². The summed E-state index contributed by atoms with van der Waals surface area (Å²) in [6, 6.07) is 8.67. The number of benzene rings is 1. The third-order valence-corrected chi connectivity index (χ3v) is 11.8. The van der Waals surface area contributed by atoms with Gasteiger partial charge in [-0.05, 0) is 80.1 Å². The van der Waals surface area contributed by atoms with E-state index >= 15 is 0 Å². The van der Waals surface area contributed by atoms with Gasteiger partial charge in [-0.3, -0.25) is 0 Å². The van der Waals surface area contributed by atoms with Crippen LogP contribution >= 0.6 is 0 Å². The predicted molar refractivity (Wildman–Crippen MR) is 170 cm³/mol. The summed E-state index contributed by atoms with van der Waals surface area (Å²) in [6.45, 7) is 15.4. The molecular formula is C35H54O7S. The number of ether oxygens (including phenoxy) is 4. The van der Waals surface area contributed by atoms with Gasteiger partial charge in [0, 0.05) is 26.1 Å². The van der Waals surface area contributed by atoms with Gasteiger partial charge in [0.25, 0.3) is 0 Å². The van der Waals surface area contributed by atoms with Gasteiger partial charge in [0.15, 0.2) is 9.84 Å². The molecule has 10 atom stereocenters. The topological polar surface area (TPSA) is 91.3 Å². The van der Waals surface area contributed by atoms with E-state index < -0.39 is 9.84 Å². The Labute approximate surface area is 259 Å². The van der Waals surface area contributed by atoms with Gasteiger partial charge in [-0.25, -0.2) is 8.42 Å². The van der Waals surface area contributed by atoms with Crippen LogP contribution in [0.15, 0.2) is 59.5 Å². The molecule has 0 bridgehead atoms. The average Bonchev–Trinajstić information content (AvgIpc) is 3.50. The van der Waals surface area contributed by atoms with Crippen molar-refractivity contribution < 1.29 is 32.5 Å². The fourth-order valence-corrected chi connectivity index (χ4v) is 8.80. The molecular weight excluding hydrogens is 564 g/mol. The van der Waals surface area contributed by atoms with E-state index in [-0.39, 0.29) is 66.9 Å². The molecule has 3 aliphatic rings. The minimum absolute atomic E-state index is 0.0284. The van der Waals surface area contributed by atoms with Gasteiger partial charge in [-0.15, -0.1) is 0 Å². The minimum Gasteiger partial charge on any atom is -0.396 e. The van der Waals surface area contributed by atoms with E-state index in [1.54, 1.807) is 31.4 Å². The van der Waals surface area contributed by atoms with E-state index in [4.69, 9.17) is 18.9 Å². The van der Waals surface area contributed by atoms with Crippen molar-refractivity contribution in [1.82, 2.24) is 0 Å². The van der Waals surface area contributed by atoms with Gasteiger partial charge >= 0.3 is 0 Å². The Morgan fingerprint density at radius 3 is 2.42 bits per heavy atom. The molecule has 43 heavy (non-hydrogen) atoms. The summed E-state index contributed by atoms with van der Waals surface area (Å²) in [5.41, 5.74) is 2.18. The molecule has 0 saturated carbocycles. The van der Waals surface area contributed by atoms with Crippen LogP contribution in [0.25, 0.3) is 0 Å². The zero-order valence-corrected chi connectivity index (χ0v) is 27.5. The molecule has 4 rings (SSSR count). The highest BCUT2D eigenvalue weighted by Gasteiger charge is 2.48. The second-order valence-corrected chi connectivity index (χ2v) is 15.2. The third-order valence-electron chi connectivity index (χ3n) is 9.94. The summed E-state index contributed by atoms with van der Waals surface area (Å²) < 4.78 is 52.8. The lowest BCUT2D eigenvalue weighted by atomic mass is 9.83. The van der Waals surface area contributed by atoms with Crippen molar-refractivity contribution in [2.75, 3.05) is 19.5 Å². The predicted octanol–water partition coefficient (Wildman–Crippen LogP) is 6.30. The van der Waals surface area contributed by atoms with Crippen LogP contribution in [0.2, 0.25) is 0 Å². The van der Waals surface area contributed by atoms with E-state index in [0.29, 0.717) is 17.2 Å². The molecule has 1 aromatic carbocycles. The average molecular weight is 619 g/mol. The maximum absolute atomic E-state index is 13.6. The van der Waals surface area contributed by atoms with Crippen LogP contribution in [-0.4, -0.2) is 75.7 Å². The first kappa shape index (κ1) is 34.3. The zero-order chi connectivity index (χ0) is 31.1. The van der Waals surface area contributed by atoms with Gasteiger partial charge in [0.2, 0.25) is 0 Å². The lowest BCUT2D eigenvalue weighted by Gasteiger charge is -2.38. The van der Waals surface area contributed by atoms with E-state index in [9.17, 15) is 13.5 Å². The number of methoxy groups -OCH3 is 1. The van der Waals surface area contributed by atoms with Crippen LogP contribution in [-0.2, 0) is 28.8 Å². The Bertz CT molecular complexity index is 1150. The van der Waals surface area contributed by atoms with Crippen LogP contribution < -0.4 is 0 Å². The summed E-state index contributed by atoms with van der Waals surface area (Å²) in [7, 11) is -1.88. The Kier molecular flexibility index (Phi) is 12.5. The molecule has 0 spiro atoms. The SMILES string of the molecule is C=C1C[C@H](CCCO)O[C@H]1CC[C@H]1C[C@@H](C)C(=C)[C@@H](C[C@@H]2O[C@H](C[C@H](C)CC)[C@H](OC)[C@H]2CS(=O)(=O)c2ccccc2)O1. The molecule has 0 radical (unpaired) electrons. The standard InChI is InChI=1S/C35H54O7S/c1-7-23(2)18-34-35(39-6)30(22-43(37,38)29-13-9-8-10-14-29)33(42-34)21-32-26(5)24(3)19-28(41-32)15-16-31-25(4)20-27(40-31)12-11-17-36/h8-10,13-14,23-24,27-28,30-36H,4-5,7,11-12,15-22H2,1-3,6H3/t23-,24-,27+,28+,30+,31+,32-,33+,34-,35-/m1/s1. The molecule has 7 nitrogen and oxygen atoms in total. The molecule has 3 fully saturated rings. The van der Waals surface area contributed by atoms with Crippen molar-refractivity contribution in [3.05, 3.63) is 54.6 Å². The normalized spacial score (nSPS) is 34.1. The van der Waals surface area contributed by atoms with Crippen molar-refractivity contribution in [3.63, 3.8) is 0 Å². The first-order valence-electron chi connectivity index (χ1n) is 16.3. The summed E-state index contributed by atoms with van der Waals surface area (Å²) in [5, 5.41) is 9.17. The lowest BCUT2D eigenvalue weighted by molar-refractivity contribution is -0.0751. The van der Waals surface area contributed by atoms with Gasteiger partial charge in [0.05, 0.1) is 53.4 Å². The van der Waals surface area contributed by atoms with Crippen molar-refractivity contribution >= 4 is 9.84 Å². The van der Waals surface area contributed by atoms with Crippen LogP contribution in [0.5, 0.6) is 0 Å². The first-order chi connectivity index (χ1) is 20.6. The van der Waals surface area contributed by atoms with Gasteiger partial charge in [-0.2, -0.15) is 0 Å². The summed E-state index contributed by atoms with van der Waals surface area (Å²) in [6.07, 6.45) is 6.68. The van der Waals surface area contributed by atoms with Crippen molar-refractivity contribution in [1.29, 1.82) is 0 Å². The van der Waals surface area contributed by atoms with E-state index in [0.717, 1.165) is 62.5 Å². The quantitative estimate of drug-likeness (QED) is 0.231. The van der Waals surface area contributed by atoms with Gasteiger partial charge in [0.1, 0.15) is 0 Å². The summed E-state index contributed by atoms with van der Waals surface area (Å²) in [4.78, 5) is 0.329. The molecule has 3 aliphatic heterocycles. The molecule has 0 unspecified atom stereocenters. The number of rotatable bonds is 15. The second-order valence-electron chi connectivity index (χ2n) is 13.2. The maximum atomic E-state index is 13.6. The highest BCUT2D eigenvalue weighted by atomic mass is 32.2. The Morgan fingerprint density at radius 2 is 1.74 bits per heavy atom. The molecule has 0 aromatic heterocycles. The van der Waals surface area contributed by atoms with Gasteiger partial charge < -0.3 is 24.1 Å². The molecule has 0 aliphatic carbocycles. The number of hydrogen-bond donors (Lipinski definition) is 1. The molecule has 1 N–H and O–H groups in total. The van der Waals surface area contributed by atoms with Crippen LogP contribution in [0, 0.1) is 17.8 Å². The Hall–Kier alpha value is -1.55.